The first-order valence-corrected chi connectivity index (χ1v) is 6.18. The van der Waals surface area contributed by atoms with E-state index in [9.17, 15) is 5.11 Å². The Kier molecular flexibility index (Phi) is 2.94. The average Bonchev–Trinajstić information content (AvgIpc) is 2.49. The zero-order valence-corrected chi connectivity index (χ0v) is 10.4. The smallest absolute Gasteiger partial charge is 0.254 e. The van der Waals surface area contributed by atoms with E-state index in [0.717, 1.165) is 11.1 Å². The molecule has 0 aliphatic carbocycles. The number of aliphatic hydroxyl groups is 1. The summed E-state index contributed by atoms with van der Waals surface area (Å²) in [5.41, 5.74) is 2.71. The van der Waals surface area contributed by atoms with E-state index in [1.54, 1.807) is 6.08 Å². The zero-order valence-electron chi connectivity index (χ0n) is 10.4. The van der Waals surface area contributed by atoms with E-state index in [2.05, 4.69) is 0 Å². The second-order valence-corrected chi connectivity index (χ2v) is 4.45. The van der Waals surface area contributed by atoms with Crippen LogP contribution < -0.4 is 0 Å². The van der Waals surface area contributed by atoms with Gasteiger partial charge in [0.1, 0.15) is 0 Å². The van der Waals surface area contributed by atoms with Crippen LogP contribution in [0.25, 0.3) is 5.57 Å². The van der Waals surface area contributed by atoms with Crippen LogP contribution in [-0.2, 0) is 10.5 Å². The highest BCUT2D eigenvalue weighted by Crippen LogP contribution is 2.32. The average molecular weight is 250 g/mol. The van der Waals surface area contributed by atoms with Crippen molar-refractivity contribution in [2.24, 2.45) is 0 Å². The lowest BCUT2D eigenvalue weighted by molar-refractivity contribution is -0.134. The number of benzene rings is 2. The highest BCUT2D eigenvalue weighted by atomic mass is 16.6. The van der Waals surface area contributed by atoms with E-state index >= 15 is 0 Å². The van der Waals surface area contributed by atoms with Gasteiger partial charge >= 0.3 is 0 Å². The van der Waals surface area contributed by atoms with Gasteiger partial charge in [-0.3, -0.25) is 0 Å². The summed E-state index contributed by atoms with van der Waals surface area (Å²) in [6.45, 7) is 0. The Morgan fingerprint density at radius 3 is 2.16 bits per heavy atom. The molecule has 0 radical (unpaired) electrons. The fourth-order valence-corrected chi connectivity index (χ4v) is 2.14. The zero-order chi connectivity index (χ0) is 13.1. The maximum atomic E-state index is 10.6. The van der Waals surface area contributed by atoms with Crippen LogP contribution in [0.15, 0.2) is 79.1 Å². The van der Waals surface area contributed by atoms with Crippen LogP contribution in [0.5, 0.6) is 0 Å². The van der Waals surface area contributed by atoms with Crippen molar-refractivity contribution in [3.05, 3.63) is 90.2 Å². The third-order valence-electron chi connectivity index (χ3n) is 3.14. The second-order valence-electron chi connectivity index (χ2n) is 4.45. The van der Waals surface area contributed by atoms with Gasteiger partial charge in [-0.1, -0.05) is 60.7 Å². The topological polar surface area (TPSA) is 29.5 Å². The van der Waals surface area contributed by atoms with Crippen molar-refractivity contribution in [2.45, 2.75) is 5.79 Å². The predicted molar refractivity (Wildman–Crippen MR) is 75.0 cm³/mol. The van der Waals surface area contributed by atoms with Gasteiger partial charge in [0.25, 0.3) is 5.79 Å². The van der Waals surface area contributed by atoms with E-state index in [0.29, 0.717) is 5.56 Å². The second kappa shape index (κ2) is 4.75. The molecule has 0 aromatic heterocycles. The Labute approximate surface area is 112 Å². The van der Waals surface area contributed by atoms with Gasteiger partial charge in [0.15, 0.2) is 0 Å². The lowest BCUT2D eigenvalue weighted by Gasteiger charge is -2.28. The van der Waals surface area contributed by atoms with Crippen molar-refractivity contribution >= 4 is 5.57 Å². The summed E-state index contributed by atoms with van der Waals surface area (Å²) in [7, 11) is 0. The fourth-order valence-electron chi connectivity index (χ4n) is 2.14. The maximum absolute atomic E-state index is 10.6. The molecular formula is C17H14O2. The third-order valence-corrected chi connectivity index (χ3v) is 3.14. The fraction of sp³-hybridized carbons (Fsp3) is 0.0588. The van der Waals surface area contributed by atoms with Crippen molar-refractivity contribution in [1.29, 1.82) is 0 Å². The highest BCUT2D eigenvalue weighted by molar-refractivity contribution is 5.75. The first kappa shape index (κ1) is 11.8. The summed E-state index contributed by atoms with van der Waals surface area (Å²) < 4.78 is 5.40. The highest BCUT2D eigenvalue weighted by Gasteiger charge is 2.30. The van der Waals surface area contributed by atoms with E-state index in [1.165, 1.54) is 6.26 Å². The molecule has 0 bridgehead atoms. The Balaban J connectivity index is 2.02. The lowest BCUT2D eigenvalue weighted by atomic mass is 9.97. The first-order chi connectivity index (χ1) is 9.28. The number of hydrogen-bond acceptors (Lipinski definition) is 2. The van der Waals surface area contributed by atoms with Gasteiger partial charge in [-0.15, -0.1) is 0 Å². The van der Waals surface area contributed by atoms with Crippen LogP contribution in [0.2, 0.25) is 0 Å². The summed E-state index contributed by atoms with van der Waals surface area (Å²) in [5, 5.41) is 10.6. The molecule has 19 heavy (non-hydrogen) atoms. The largest absolute Gasteiger partial charge is 0.462 e. The van der Waals surface area contributed by atoms with Gasteiger partial charge in [-0.2, -0.15) is 0 Å². The molecule has 0 saturated heterocycles. The Morgan fingerprint density at radius 1 is 0.842 bits per heavy atom. The van der Waals surface area contributed by atoms with E-state index in [1.807, 2.05) is 66.7 Å². The van der Waals surface area contributed by atoms with Gasteiger partial charge in [-0.25, -0.2) is 0 Å². The number of ether oxygens (including phenoxy) is 1. The molecule has 1 aliphatic rings. The minimum absolute atomic E-state index is 0.716. The maximum Gasteiger partial charge on any atom is 0.254 e. The molecular weight excluding hydrogens is 236 g/mol. The monoisotopic (exact) mass is 250 g/mol. The number of hydrogen-bond donors (Lipinski definition) is 1. The first-order valence-electron chi connectivity index (χ1n) is 6.18. The number of rotatable bonds is 2. The van der Waals surface area contributed by atoms with Crippen molar-refractivity contribution in [1.82, 2.24) is 0 Å². The molecule has 1 heterocycles. The Morgan fingerprint density at radius 2 is 1.47 bits per heavy atom. The summed E-state index contributed by atoms with van der Waals surface area (Å²) >= 11 is 0. The molecule has 1 unspecified atom stereocenters. The van der Waals surface area contributed by atoms with Crippen molar-refractivity contribution in [3.63, 3.8) is 0 Å². The van der Waals surface area contributed by atoms with Crippen LogP contribution in [0.4, 0.5) is 0 Å². The molecule has 0 saturated carbocycles. The minimum atomic E-state index is -1.40. The molecule has 0 amide bonds. The van der Waals surface area contributed by atoms with Crippen molar-refractivity contribution < 1.29 is 9.84 Å². The van der Waals surface area contributed by atoms with E-state index < -0.39 is 5.79 Å². The van der Waals surface area contributed by atoms with Crippen LogP contribution in [-0.4, -0.2) is 5.11 Å². The molecule has 3 rings (SSSR count). The molecule has 2 aromatic carbocycles. The van der Waals surface area contributed by atoms with Crippen LogP contribution in [0.3, 0.4) is 0 Å². The summed E-state index contributed by atoms with van der Waals surface area (Å²) in [4.78, 5) is 0. The molecule has 2 nitrogen and oxygen atoms in total. The van der Waals surface area contributed by atoms with Gasteiger partial charge < -0.3 is 9.84 Å². The Hall–Kier alpha value is -2.32. The van der Waals surface area contributed by atoms with Crippen LogP contribution >= 0.6 is 0 Å². The minimum Gasteiger partial charge on any atom is -0.462 e. The third kappa shape index (κ3) is 2.30. The molecule has 2 aromatic rings. The van der Waals surface area contributed by atoms with Gasteiger partial charge in [0, 0.05) is 5.56 Å². The summed E-state index contributed by atoms with van der Waals surface area (Å²) in [6, 6.07) is 19.3. The molecule has 1 atom stereocenters. The van der Waals surface area contributed by atoms with E-state index in [-0.39, 0.29) is 0 Å². The van der Waals surface area contributed by atoms with Crippen LogP contribution in [0, 0.1) is 0 Å². The quantitative estimate of drug-likeness (QED) is 0.884. The predicted octanol–water partition coefficient (Wildman–Crippen LogP) is 3.46. The van der Waals surface area contributed by atoms with E-state index in [4.69, 9.17) is 4.74 Å². The van der Waals surface area contributed by atoms with Gasteiger partial charge in [0.2, 0.25) is 0 Å². The van der Waals surface area contributed by atoms with Crippen molar-refractivity contribution in [3.8, 4) is 0 Å². The van der Waals surface area contributed by atoms with Gasteiger partial charge in [-0.05, 0) is 23.3 Å². The standard InChI is InChI=1S/C17H14O2/c18-17(16-9-5-2-6-10-16)13-15(11-12-19-17)14-7-3-1-4-8-14/h1-13,18H. The molecule has 94 valence electrons. The summed E-state index contributed by atoms with van der Waals surface area (Å²) in [6.07, 6.45) is 5.12. The Bertz CT molecular complexity index is 614. The molecule has 1 aliphatic heterocycles. The SMILES string of the molecule is OC1(c2ccccc2)C=C(c2ccccc2)C=CO1. The molecule has 0 spiro atoms. The normalized spacial score (nSPS) is 21.6. The number of allylic oxidation sites excluding steroid dienone is 2. The van der Waals surface area contributed by atoms with Crippen molar-refractivity contribution in [2.75, 3.05) is 0 Å². The molecule has 1 N–H and O–H groups in total. The van der Waals surface area contributed by atoms with Gasteiger partial charge in [0.05, 0.1) is 6.26 Å². The molecule has 2 heteroatoms. The van der Waals surface area contributed by atoms with Crippen LogP contribution in [0.1, 0.15) is 11.1 Å². The lowest BCUT2D eigenvalue weighted by Crippen LogP contribution is -2.26. The molecule has 0 fully saturated rings. The summed E-state index contributed by atoms with van der Waals surface area (Å²) in [5.74, 6) is -1.40.